The van der Waals surface area contributed by atoms with Gasteiger partial charge in [-0.15, -0.1) is 0 Å². The molecule has 1 fully saturated rings. The third kappa shape index (κ3) is 5.67. The molecule has 1 N–H and O–H groups in total. The number of rotatable bonds is 6. The third-order valence-corrected chi connectivity index (χ3v) is 5.80. The first-order valence-electron chi connectivity index (χ1n) is 9.67. The number of ketones is 1. The van der Waals surface area contributed by atoms with Gasteiger partial charge < -0.3 is 4.90 Å². The summed E-state index contributed by atoms with van der Waals surface area (Å²) in [4.78, 5) is 27.2. The molecule has 1 saturated heterocycles. The van der Waals surface area contributed by atoms with Gasteiger partial charge in [-0.3, -0.25) is 14.3 Å². The zero-order valence-corrected chi connectivity index (χ0v) is 17.5. The van der Waals surface area contributed by atoms with E-state index in [1.165, 1.54) is 0 Å². The topological polar surface area (TPSA) is 83.6 Å². The number of nitrogens with zero attached hydrogens (tertiary/aromatic N) is 1. The van der Waals surface area contributed by atoms with Crippen LogP contribution in [-0.4, -0.2) is 44.4 Å². The first kappa shape index (κ1) is 21.0. The van der Waals surface area contributed by atoms with Crippen LogP contribution in [0.5, 0.6) is 0 Å². The number of anilines is 1. The summed E-state index contributed by atoms with van der Waals surface area (Å²) in [5.74, 6) is 0.00901. The average Bonchev–Trinajstić information content (AvgIpc) is 2.68. The zero-order chi connectivity index (χ0) is 21.0. The lowest BCUT2D eigenvalue weighted by atomic mass is 9.88. The molecule has 6 nitrogen and oxygen atoms in total. The van der Waals surface area contributed by atoms with Gasteiger partial charge in [0, 0.05) is 24.6 Å². The summed E-state index contributed by atoms with van der Waals surface area (Å²) in [7, 11) is -3.42. The number of Topliss-reactive ketones (excluding diaryl/α,β-unsaturated/α-hetero) is 1. The Bertz CT molecular complexity index is 992. The fourth-order valence-corrected chi connectivity index (χ4v) is 4.19. The normalized spacial score (nSPS) is 15.2. The molecule has 0 saturated carbocycles. The van der Waals surface area contributed by atoms with Gasteiger partial charge in [0.1, 0.15) is 0 Å². The summed E-state index contributed by atoms with van der Waals surface area (Å²) < 4.78 is 25.5. The Hall–Kier alpha value is -2.67. The molecule has 1 amide bonds. The Morgan fingerprint density at radius 2 is 1.66 bits per heavy atom. The van der Waals surface area contributed by atoms with Crippen LogP contribution in [0.1, 0.15) is 34.3 Å². The largest absolute Gasteiger partial charge is 0.342 e. The van der Waals surface area contributed by atoms with Gasteiger partial charge in [-0.05, 0) is 31.4 Å². The summed E-state index contributed by atoms with van der Waals surface area (Å²) in [5, 5.41) is 0. The highest BCUT2D eigenvalue weighted by Gasteiger charge is 2.28. The minimum Gasteiger partial charge on any atom is -0.342 e. The first-order valence-corrected chi connectivity index (χ1v) is 11.6. The average molecular weight is 415 g/mol. The van der Waals surface area contributed by atoms with Crippen LogP contribution < -0.4 is 4.72 Å². The molecule has 154 valence electrons. The molecule has 1 aliphatic rings. The van der Waals surface area contributed by atoms with Crippen molar-refractivity contribution >= 4 is 27.4 Å². The van der Waals surface area contributed by atoms with Gasteiger partial charge in [0.15, 0.2) is 5.78 Å². The monoisotopic (exact) mass is 414 g/mol. The van der Waals surface area contributed by atoms with Crippen molar-refractivity contribution in [3.8, 4) is 0 Å². The number of piperidine rings is 1. The summed E-state index contributed by atoms with van der Waals surface area (Å²) in [6, 6.07) is 14.5. The van der Waals surface area contributed by atoms with Crippen LogP contribution >= 0.6 is 0 Å². The van der Waals surface area contributed by atoms with Crippen molar-refractivity contribution in [2.24, 2.45) is 5.92 Å². The summed E-state index contributed by atoms with van der Waals surface area (Å²) in [6.07, 6.45) is 2.49. The van der Waals surface area contributed by atoms with E-state index in [2.05, 4.69) is 4.72 Å². The van der Waals surface area contributed by atoms with E-state index in [-0.39, 0.29) is 24.0 Å². The first-order chi connectivity index (χ1) is 13.7. The van der Waals surface area contributed by atoms with Crippen LogP contribution in [0.25, 0.3) is 0 Å². The van der Waals surface area contributed by atoms with Gasteiger partial charge in [-0.2, -0.15) is 0 Å². The van der Waals surface area contributed by atoms with E-state index in [0.29, 0.717) is 37.2 Å². The van der Waals surface area contributed by atoms with Crippen LogP contribution in [0.4, 0.5) is 5.69 Å². The smallest absolute Gasteiger partial charge is 0.229 e. The number of nitrogens with one attached hydrogen (secondary N) is 1. The molecular weight excluding hydrogens is 388 g/mol. The third-order valence-electron chi connectivity index (χ3n) is 5.21. The number of hydrogen-bond acceptors (Lipinski definition) is 4. The molecule has 2 aromatic carbocycles. The highest BCUT2D eigenvalue weighted by molar-refractivity contribution is 7.92. The Morgan fingerprint density at radius 3 is 2.28 bits per heavy atom. The number of carbonyl (C=O) groups excluding carboxylic acids is 2. The molecule has 2 aromatic rings. The van der Waals surface area contributed by atoms with E-state index < -0.39 is 10.0 Å². The van der Waals surface area contributed by atoms with Gasteiger partial charge in [-0.1, -0.05) is 48.0 Å². The number of sulfonamides is 1. The van der Waals surface area contributed by atoms with E-state index in [0.717, 1.165) is 17.4 Å². The number of benzene rings is 2. The summed E-state index contributed by atoms with van der Waals surface area (Å²) in [6.45, 7) is 3.05. The van der Waals surface area contributed by atoms with Crippen molar-refractivity contribution in [1.29, 1.82) is 0 Å². The second-order valence-corrected chi connectivity index (χ2v) is 9.34. The summed E-state index contributed by atoms with van der Waals surface area (Å²) >= 11 is 0. The van der Waals surface area contributed by atoms with Crippen LogP contribution in [0.15, 0.2) is 48.5 Å². The second-order valence-electron chi connectivity index (χ2n) is 7.59. The molecule has 0 aliphatic carbocycles. The fraction of sp³-hybridized carbons (Fsp3) is 0.364. The molecule has 29 heavy (non-hydrogen) atoms. The highest BCUT2D eigenvalue weighted by atomic mass is 32.2. The quantitative estimate of drug-likeness (QED) is 0.737. The lowest BCUT2D eigenvalue weighted by molar-refractivity contribution is -0.131. The predicted molar refractivity (Wildman–Crippen MR) is 113 cm³/mol. The fourth-order valence-electron chi connectivity index (χ4n) is 3.59. The Morgan fingerprint density at radius 1 is 1.03 bits per heavy atom. The molecule has 0 bridgehead atoms. The molecule has 0 spiro atoms. The lowest BCUT2D eigenvalue weighted by Gasteiger charge is -2.31. The molecule has 3 rings (SSSR count). The number of para-hydroxylation sites is 1. The van der Waals surface area contributed by atoms with Gasteiger partial charge in [0.05, 0.1) is 18.4 Å². The number of carbonyl (C=O) groups is 2. The van der Waals surface area contributed by atoms with E-state index in [1.807, 2.05) is 31.2 Å². The summed E-state index contributed by atoms with van der Waals surface area (Å²) in [5.41, 5.74) is 2.90. The SMILES string of the molecule is Cc1ccc(C(=O)C2CCN(C(=O)Cc3ccccc3NS(C)(=O)=O)CC2)cc1. The Kier molecular flexibility index (Phi) is 6.37. The standard InChI is InChI=1S/C22H26N2O4S/c1-16-7-9-17(10-8-16)22(26)18-11-13-24(14-12-18)21(25)15-19-5-3-4-6-20(19)23-29(2,27)28/h3-10,18,23H,11-15H2,1-2H3. The molecule has 1 heterocycles. The van der Waals surface area contributed by atoms with Crippen molar-refractivity contribution in [3.63, 3.8) is 0 Å². The van der Waals surface area contributed by atoms with Crippen molar-refractivity contribution in [2.75, 3.05) is 24.1 Å². The van der Waals surface area contributed by atoms with E-state index in [4.69, 9.17) is 0 Å². The maximum Gasteiger partial charge on any atom is 0.229 e. The molecule has 0 atom stereocenters. The van der Waals surface area contributed by atoms with Crippen molar-refractivity contribution in [1.82, 2.24) is 4.90 Å². The van der Waals surface area contributed by atoms with Gasteiger partial charge in [0.25, 0.3) is 0 Å². The van der Waals surface area contributed by atoms with Crippen molar-refractivity contribution < 1.29 is 18.0 Å². The van der Waals surface area contributed by atoms with E-state index >= 15 is 0 Å². The van der Waals surface area contributed by atoms with Crippen molar-refractivity contribution in [2.45, 2.75) is 26.2 Å². The molecule has 7 heteroatoms. The van der Waals surface area contributed by atoms with Crippen LogP contribution in [-0.2, 0) is 21.2 Å². The van der Waals surface area contributed by atoms with Crippen LogP contribution in [0.2, 0.25) is 0 Å². The second kappa shape index (κ2) is 8.78. The number of aryl methyl sites for hydroxylation is 1. The molecule has 0 radical (unpaired) electrons. The lowest BCUT2D eigenvalue weighted by Crippen LogP contribution is -2.41. The Balaban J connectivity index is 1.59. The number of likely N-dealkylation sites (tertiary alicyclic amines) is 1. The maximum atomic E-state index is 12.7. The van der Waals surface area contributed by atoms with Crippen LogP contribution in [0.3, 0.4) is 0 Å². The molecule has 0 unspecified atom stereocenters. The highest BCUT2D eigenvalue weighted by Crippen LogP contribution is 2.24. The number of amides is 1. The molecular formula is C22H26N2O4S. The molecule has 1 aliphatic heterocycles. The van der Waals surface area contributed by atoms with Gasteiger partial charge in [0.2, 0.25) is 15.9 Å². The van der Waals surface area contributed by atoms with Crippen molar-refractivity contribution in [3.05, 3.63) is 65.2 Å². The van der Waals surface area contributed by atoms with E-state index in [1.54, 1.807) is 29.2 Å². The Labute approximate surface area is 172 Å². The minimum absolute atomic E-state index is 0.0611. The molecule has 0 aromatic heterocycles. The van der Waals surface area contributed by atoms with Gasteiger partial charge in [-0.25, -0.2) is 8.42 Å². The number of hydrogen-bond donors (Lipinski definition) is 1. The van der Waals surface area contributed by atoms with Gasteiger partial charge >= 0.3 is 0 Å². The van der Waals surface area contributed by atoms with Crippen LogP contribution in [0, 0.1) is 12.8 Å². The minimum atomic E-state index is -3.42. The van der Waals surface area contributed by atoms with E-state index in [9.17, 15) is 18.0 Å². The maximum absolute atomic E-state index is 12.7. The predicted octanol–water partition coefficient (Wildman–Crippen LogP) is 3.03. The zero-order valence-electron chi connectivity index (χ0n) is 16.7.